The average molecular weight is 292 g/mol. The van der Waals surface area contributed by atoms with Crippen LogP contribution in [0.15, 0.2) is 0 Å². The van der Waals surface area contributed by atoms with E-state index in [-0.39, 0.29) is 25.4 Å². The van der Waals surface area contributed by atoms with Gasteiger partial charge in [0.05, 0.1) is 65.1 Å². The third-order valence-corrected chi connectivity index (χ3v) is 3.23. The van der Waals surface area contributed by atoms with Gasteiger partial charge in [-0.2, -0.15) is 0 Å². The summed E-state index contributed by atoms with van der Waals surface area (Å²) >= 11 is 0. The van der Waals surface area contributed by atoms with E-state index in [0.717, 1.165) is 12.8 Å². The number of aliphatic hydroxyl groups excluding tert-OH is 2. The van der Waals surface area contributed by atoms with Crippen LogP contribution in [0.5, 0.6) is 0 Å². The van der Waals surface area contributed by atoms with Crippen LogP contribution < -0.4 is 0 Å². The Morgan fingerprint density at radius 2 is 1.10 bits per heavy atom. The minimum atomic E-state index is 0.0446. The Kier molecular flexibility index (Phi) is 11.1. The van der Waals surface area contributed by atoms with Crippen molar-refractivity contribution in [2.24, 2.45) is 0 Å². The van der Waals surface area contributed by atoms with E-state index in [1.165, 1.54) is 12.8 Å². The predicted molar refractivity (Wildman–Crippen MR) is 73.8 cm³/mol. The van der Waals surface area contributed by atoms with Crippen molar-refractivity contribution in [3.8, 4) is 0 Å². The number of rotatable bonds is 12. The van der Waals surface area contributed by atoms with Crippen LogP contribution in [0.4, 0.5) is 0 Å². The van der Waals surface area contributed by atoms with E-state index in [1.54, 1.807) is 0 Å². The summed E-state index contributed by atoms with van der Waals surface area (Å²) in [4.78, 5) is 0. The molecule has 1 rings (SSSR count). The zero-order valence-electron chi connectivity index (χ0n) is 12.2. The van der Waals surface area contributed by atoms with Crippen LogP contribution in [0.1, 0.15) is 25.7 Å². The second kappa shape index (κ2) is 12.5. The van der Waals surface area contributed by atoms with Crippen LogP contribution in [0.2, 0.25) is 0 Å². The van der Waals surface area contributed by atoms with Crippen molar-refractivity contribution in [1.29, 1.82) is 0 Å². The van der Waals surface area contributed by atoms with Gasteiger partial charge in [-0.3, -0.25) is 0 Å². The van der Waals surface area contributed by atoms with Crippen molar-refractivity contribution in [2.75, 3.05) is 52.9 Å². The molecule has 1 aliphatic carbocycles. The van der Waals surface area contributed by atoms with E-state index in [4.69, 9.17) is 29.2 Å². The van der Waals surface area contributed by atoms with Crippen LogP contribution in [0.25, 0.3) is 0 Å². The van der Waals surface area contributed by atoms with Gasteiger partial charge in [0.25, 0.3) is 0 Å². The molecule has 1 saturated carbocycles. The first kappa shape index (κ1) is 17.8. The lowest BCUT2D eigenvalue weighted by Crippen LogP contribution is -2.36. The molecule has 0 bridgehead atoms. The maximum Gasteiger partial charge on any atom is 0.0837 e. The predicted octanol–water partition coefficient (Wildman–Crippen LogP) is 0.349. The zero-order valence-corrected chi connectivity index (χ0v) is 12.2. The third kappa shape index (κ3) is 8.14. The van der Waals surface area contributed by atoms with Crippen molar-refractivity contribution in [3.05, 3.63) is 0 Å². The van der Waals surface area contributed by atoms with E-state index in [9.17, 15) is 0 Å². The highest BCUT2D eigenvalue weighted by Crippen LogP contribution is 2.23. The molecule has 6 heteroatoms. The molecule has 0 spiro atoms. The molecule has 0 aliphatic heterocycles. The Bertz CT molecular complexity index is 192. The molecule has 1 fully saturated rings. The van der Waals surface area contributed by atoms with Gasteiger partial charge in [0.2, 0.25) is 0 Å². The SMILES string of the molecule is OCCOCCOC1CCCCC1OCCOCCO. The number of hydrogen-bond donors (Lipinski definition) is 2. The van der Waals surface area contributed by atoms with Crippen molar-refractivity contribution in [1.82, 2.24) is 0 Å². The van der Waals surface area contributed by atoms with Gasteiger partial charge < -0.3 is 29.2 Å². The van der Waals surface area contributed by atoms with Gasteiger partial charge in [0.1, 0.15) is 0 Å². The van der Waals surface area contributed by atoms with E-state index < -0.39 is 0 Å². The molecule has 6 nitrogen and oxygen atoms in total. The van der Waals surface area contributed by atoms with Crippen LogP contribution in [-0.2, 0) is 18.9 Å². The summed E-state index contributed by atoms with van der Waals surface area (Å²) in [5, 5.41) is 17.2. The van der Waals surface area contributed by atoms with Crippen LogP contribution in [0, 0.1) is 0 Å². The Balaban J connectivity index is 2.10. The average Bonchev–Trinajstić information content (AvgIpc) is 2.48. The second-order valence-electron chi connectivity index (χ2n) is 4.77. The first-order valence-corrected chi connectivity index (χ1v) is 7.49. The van der Waals surface area contributed by atoms with Crippen LogP contribution in [0.3, 0.4) is 0 Å². The Labute approximate surface area is 121 Å². The molecule has 0 heterocycles. The molecule has 120 valence electrons. The summed E-state index contributed by atoms with van der Waals surface area (Å²) in [6.07, 6.45) is 4.62. The maximum atomic E-state index is 8.60. The summed E-state index contributed by atoms with van der Waals surface area (Å²) in [6, 6.07) is 0. The first-order chi connectivity index (χ1) is 9.88. The normalized spacial score (nSPS) is 23.1. The van der Waals surface area contributed by atoms with Crippen LogP contribution >= 0.6 is 0 Å². The second-order valence-corrected chi connectivity index (χ2v) is 4.77. The van der Waals surface area contributed by atoms with Gasteiger partial charge in [0.15, 0.2) is 0 Å². The first-order valence-electron chi connectivity index (χ1n) is 7.49. The monoisotopic (exact) mass is 292 g/mol. The van der Waals surface area contributed by atoms with Crippen LogP contribution in [-0.4, -0.2) is 75.3 Å². The molecule has 2 unspecified atom stereocenters. The molecule has 1 aliphatic rings. The van der Waals surface area contributed by atoms with Gasteiger partial charge >= 0.3 is 0 Å². The molecule has 0 aromatic carbocycles. The summed E-state index contributed by atoms with van der Waals surface area (Å²) in [7, 11) is 0. The van der Waals surface area contributed by atoms with Gasteiger partial charge in [-0.15, -0.1) is 0 Å². The quantitative estimate of drug-likeness (QED) is 0.505. The Hall–Kier alpha value is -0.240. The molecule has 0 amide bonds. The van der Waals surface area contributed by atoms with E-state index in [1.807, 2.05) is 0 Å². The van der Waals surface area contributed by atoms with Crippen molar-refractivity contribution >= 4 is 0 Å². The van der Waals surface area contributed by atoms with E-state index in [2.05, 4.69) is 0 Å². The highest BCUT2D eigenvalue weighted by Gasteiger charge is 2.26. The van der Waals surface area contributed by atoms with E-state index in [0.29, 0.717) is 39.6 Å². The number of aliphatic hydroxyl groups is 2. The molecular weight excluding hydrogens is 264 g/mol. The van der Waals surface area contributed by atoms with Gasteiger partial charge in [-0.05, 0) is 12.8 Å². The highest BCUT2D eigenvalue weighted by atomic mass is 16.6. The molecule has 0 radical (unpaired) electrons. The zero-order chi connectivity index (χ0) is 14.5. The summed E-state index contributed by atoms with van der Waals surface area (Å²) in [6.45, 7) is 2.88. The molecule has 0 aromatic heterocycles. The molecule has 0 saturated heterocycles. The largest absolute Gasteiger partial charge is 0.394 e. The minimum absolute atomic E-state index is 0.0446. The third-order valence-electron chi connectivity index (χ3n) is 3.23. The Morgan fingerprint density at radius 1 is 0.650 bits per heavy atom. The minimum Gasteiger partial charge on any atom is -0.394 e. The highest BCUT2D eigenvalue weighted by molar-refractivity contribution is 4.76. The molecule has 20 heavy (non-hydrogen) atoms. The molecule has 2 N–H and O–H groups in total. The smallest absolute Gasteiger partial charge is 0.0837 e. The maximum absolute atomic E-state index is 8.60. The number of ether oxygens (including phenoxy) is 4. The summed E-state index contributed by atoms with van der Waals surface area (Å²) in [5.41, 5.74) is 0. The molecule has 2 atom stereocenters. The van der Waals surface area contributed by atoms with Gasteiger partial charge in [0, 0.05) is 0 Å². The lowest BCUT2D eigenvalue weighted by molar-refractivity contribution is -0.110. The summed E-state index contributed by atoms with van der Waals surface area (Å²) in [5.74, 6) is 0. The van der Waals surface area contributed by atoms with Crippen molar-refractivity contribution in [2.45, 2.75) is 37.9 Å². The molecule has 0 aromatic rings. The van der Waals surface area contributed by atoms with Crippen molar-refractivity contribution < 1.29 is 29.2 Å². The van der Waals surface area contributed by atoms with Gasteiger partial charge in [-0.25, -0.2) is 0 Å². The lowest BCUT2D eigenvalue weighted by Gasteiger charge is -2.31. The van der Waals surface area contributed by atoms with E-state index >= 15 is 0 Å². The standard InChI is InChI=1S/C14H28O6/c15-5-7-17-9-11-19-13-3-1-2-4-14(13)20-12-10-18-8-6-16/h13-16H,1-12H2. The fraction of sp³-hybridized carbons (Fsp3) is 1.00. The summed E-state index contributed by atoms with van der Waals surface area (Å²) < 4.78 is 22.0. The topological polar surface area (TPSA) is 77.4 Å². The molecular formula is C14H28O6. The van der Waals surface area contributed by atoms with Crippen molar-refractivity contribution in [3.63, 3.8) is 0 Å². The lowest BCUT2D eigenvalue weighted by atomic mass is 9.94. The van der Waals surface area contributed by atoms with Gasteiger partial charge in [-0.1, -0.05) is 12.8 Å². The number of hydrogen-bond acceptors (Lipinski definition) is 6. The Morgan fingerprint density at radius 3 is 1.50 bits per heavy atom. The fourth-order valence-corrected chi connectivity index (χ4v) is 2.29. The fourth-order valence-electron chi connectivity index (χ4n) is 2.29.